The fourth-order valence-electron chi connectivity index (χ4n) is 1.93. The zero-order valence-electron chi connectivity index (χ0n) is 8.21. The van der Waals surface area contributed by atoms with Crippen LogP contribution >= 0.6 is 0 Å². The third-order valence-electron chi connectivity index (χ3n) is 2.75. The maximum atomic E-state index is 12.5. The maximum Gasteiger partial charge on any atom is 0.267 e. The number of phenolic OH excluding ortho intramolecular Hbond substituents is 1. The topological polar surface area (TPSA) is 32.3 Å². The van der Waals surface area contributed by atoms with Crippen molar-refractivity contribution in [1.29, 1.82) is 0 Å². The highest BCUT2D eigenvalue weighted by Crippen LogP contribution is 2.32. The van der Waals surface area contributed by atoms with E-state index in [-0.39, 0.29) is 17.4 Å². The lowest BCUT2D eigenvalue weighted by molar-refractivity contribution is 0.147. The summed E-state index contributed by atoms with van der Waals surface area (Å²) < 4.78 is 25.0. The van der Waals surface area contributed by atoms with Gasteiger partial charge in [0.2, 0.25) is 0 Å². The number of alkyl halides is 2. The average Bonchev–Trinajstić information content (AvgIpc) is 2.71. The molecule has 2 N–H and O–H groups in total. The van der Waals surface area contributed by atoms with Crippen LogP contribution in [0.1, 0.15) is 36.4 Å². The van der Waals surface area contributed by atoms with Crippen molar-refractivity contribution in [2.75, 3.05) is 6.54 Å². The first-order valence-electron chi connectivity index (χ1n) is 5.03. The summed E-state index contributed by atoms with van der Waals surface area (Å²) in [5, 5.41) is 12.5. The van der Waals surface area contributed by atoms with E-state index in [9.17, 15) is 13.9 Å². The summed E-state index contributed by atoms with van der Waals surface area (Å²) in [6.07, 6.45) is -0.588. The quantitative estimate of drug-likeness (QED) is 0.791. The summed E-state index contributed by atoms with van der Waals surface area (Å²) in [7, 11) is 0. The van der Waals surface area contributed by atoms with Crippen molar-refractivity contribution in [3.8, 4) is 5.75 Å². The van der Waals surface area contributed by atoms with Crippen molar-refractivity contribution in [2.45, 2.75) is 25.3 Å². The standard InChI is InChI=1S/C11H13F2NO/c12-11(13)8-6-7(3-4-10(8)15)9-2-1-5-14-9/h3-4,6,9,11,14-15H,1-2,5H2. The predicted molar refractivity (Wildman–Crippen MR) is 53.0 cm³/mol. The molecule has 82 valence electrons. The molecule has 1 aromatic carbocycles. The van der Waals surface area contributed by atoms with E-state index in [0.29, 0.717) is 0 Å². The SMILES string of the molecule is Oc1ccc(C2CCCN2)cc1C(F)F. The van der Waals surface area contributed by atoms with E-state index in [0.717, 1.165) is 24.9 Å². The van der Waals surface area contributed by atoms with Crippen molar-refractivity contribution in [3.05, 3.63) is 29.3 Å². The maximum absolute atomic E-state index is 12.5. The molecule has 1 aliphatic heterocycles. The Morgan fingerprint density at radius 1 is 1.40 bits per heavy atom. The van der Waals surface area contributed by atoms with Gasteiger partial charge in [-0.2, -0.15) is 0 Å². The molecule has 0 aromatic heterocycles. The van der Waals surface area contributed by atoms with Gasteiger partial charge in [0.25, 0.3) is 6.43 Å². The van der Waals surface area contributed by atoms with Crippen LogP contribution in [0.15, 0.2) is 18.2 Å². The molecular weight excluding hydrogens is 200 g/mol. The summed E-state index contributed by atoms with van der Waals surface area (Å²) >= 11 is 0. The zero-order chi connectivity index (χ0) is 10.8. The van der Waals surface area contributed by atoms with Gasteiger partial charge in [0, 0.05) is 6.04 Å². The van der Waals surface area contributed by atoms with Crippen molar-refractivity contribution in [2.24, 2.45) is 0 Å². The van der Waals surface area contributed by atoms with Crippen LogP contribution in [0.3, 0.4) is 0 Å². The van der Waals surface area contributed by atoms with Gasteiger partial charge in [0.15, 0.2) is 0 Å². The second kappa shape index (κ2) is 4.14. The molecule has 0 bridgehead atoms. The largest absolute Gasteiger partial charge is 0.507 e. The van der Waals surface area contributed by atoms with E-state index in [2.05, 4.69) is 5.32 Å². The molecule has 1 aromatic rings. The molecule has 1 unspecified atom stereocenters. The van der Waals surface area contributed by atoms with Gasteiger partial charge >= 0.3 is 0 Å². The number of hydrogen-bond acceptors (Lipinski definition) is 2. The van der Waals surface area contributed by atoms with E-state index in [4.69, 9.17) is 0 Å². The summed E-state index contributed by atoms with van der Waals surface area (Å²) in [6.45, 7) is 0.926. The second-order valence-electron chi connectivity index (χ2n) is 3.77. The third-order valence-corrected chi connectivity index (χ3v) is 2.75. The van der Waals surface area contributed by atoms with E-state index in [1.165, 1.54) is 12.1 Å². The Balaban J connectivity index is 2.29. The van der Waals surface area contributed by atoms with Gasteiger partial charge in [0.1, 0.15) is 5.75 Å². The molecule has 4 heteroatoms. The Morgan fingerprint density at radius 3 is 2.80 bits per heavy atom. The molecule has 15 heavy (non-hydrogen) atoms. The van der Waals surface area contributed by atoms with Gasteiger partial charge in [-0.1, -0.05) is 6.07 Å². The molecule has 0 aliphatic carbocycles. The first-order chi connectivity index (χ1) is 7.18. The number of nitrogens with one attached hydrogen (secondary N) is 1. The fourth-order valence-corrected chi connectivity index (χ4v) is 1.93. The summed E-state index contributed by atoms with van der Waals surface area (Å²) in [6, 6.07) is 4.59. The first-order valence-corrected chi connectivity index (χ1v) is 5.03. The van der Waals surface area contributed by atoms with Gasteiger partial charge < -0.3 is 10.4 Å². The molecule has 0 amide bonds. The van der Waals surface area contributed by atoms with Crippen molar-refractivity contribution < 1.29 is 13.9 Å². The number of aromatic hydroxyl groups is 1. The van der Waals surface area contributed by atoms with Crippen LogP contribution in [0.25, 0.3) is 0 Å². The summed E-state index contributed by atoms with van der Waals surface area (Å²) in [5.41, 5.74) is 0.557. The highest BCUT2D eigenvalue weighted by Gasteiger charge is 2.19. The summed E-state index contributed by atoms with van der Waals surface area (Å²) in [4.78, 5) is 0. The van der Waals surface area contributed by atoms with E-state index < -0.39 is 6.43 Å². The minimum atomic E-state index is -2.62. The minimum absolute atomic E-state index is 0.156. The van der Waals surface area contributed by atoms with Crippen molar-refractivity contribution >= 4 is 0 Å². The number of phenols is 1. The molecule has 0 spiro atoms. The molecule has 1 atom stereocenters. The van der Waals surface area contributed by atoms with E-state index in [1.807, 2.05) is 0 Å². The molecule has 0 radical (unpaired) electrons. The third kappa shape index (κ3) is 2.09. The number of rotatable bonds is 2. The minimum Gasteiger partial charge on any atom is -0.507 e. The summed E-state index contributed by atoms with van der Waals surface area (Å²) in [5.74, 6) is -0.327. The monoisotopic (exact) mass is 213 g/mol. The molecule has 2 rings (SSSR count). The lowest BCUT2D eigenvalue weighted by atomic mass is 10.0. The number of benzene rings is 1. The van der Waals surface area contributed by atoms with Crippen LogP contribution in [-0.4, -0.2) is 11.7 Å². The molecule has 1 aliphatic rings. The lowest BCUT2D eigenvalue weighted by Gasteiger charge is -2.12. The van der Waals surface area contributed by atoms with Crippen molar-refractivity contribution in [3.63, 3.8) is 0 Å². The second-order valence-corrected chi connectivity index (χ2v) is 3.77. The van der Waals surface area contributed by atoms with E-state index >= 15 is 0 Å². The highest BCUT2D eigenvalue weighted by molar-refractivity contribution is 5.38. The molecule has 1 heterocycles. The van der Waals surface area contributed by atoms with Gasteiger partial charge in [-0.3, -0.25) is 0 Å². The Bertz CT molecular complexity index is 348. The van der Waals surface area contributed by atoms with Crippen LogP contribution in [0.5, 0.6) is 5.75 Å². The molecule has 2 nitrogen and oxygen atoms in total. The van der Waals surface area contributed by atoms with Crippen LogP contribution in [0, 0.1) is 0 Å². The Morgan fingerprint density at radius 2 is 2.20 bits per heavy atom. The van der Waals surface area contributed by atoms with E-state index in [1.54, 1.807) is 6.07 Å². The average molecular weight is 213 g/mol. The number of halogens is 2. The van der Waals surface area contributed by atoms with Crippen LogP contribution in [0.2, 0.25) is 0 Å². The smallest absolute Gasteiger partial charge is 0.267 e. The normalized spacial score (nSPS) is 21.1. The Kier molecular flexibility index (Phi) is 2.86. The predicted octanol–water partition coefficient (Wildman–Crippen LogP) is 2.75. The van der Waals surface area contributed by atoms with Gasteiger partial charge in [-0.15, -0.1) is 0 Å². The molecular formula is C11H13F2NO. The van der Waals surface area contributed by atoms with Gasteiger partial charge in [-0.05, 0) is 37.1 Å². The zero-order valence-corrected chi connectivity index (χ0v) is 8.21. The number of hydrogen-bond donors (Lipinski definition) is 2. The van der Waals surface area contributed by atoms with Crippen LogP contribution in [0.4, 0.5) is 8.78 Å². The molecule has 0 saturated carbocycles. The molecule has 1 fully saturated rings. The highest BCUT2D eigenvalue weighted by atomic mass is 19.3. The fraction of sp³-hybridized carbons (Fsp3) is 0.455. The lowest BCUT2D eigenvalue weighted by Crippen LogP contribution is -2.12. The van der Waals surface area contributed by atoms with Crippen LogP contribution < -0.4 is 5.32 Å². The molecule has 1 saturated heterocycles. The van der Waals surface area contributed by atoms with Gasteiger partial charge in [0.05, 0.1) is 5.56 Å². The first kappa shape index (κ1) is 10.4. The van der Waals surface area contributed by atoms with Crippen molar-refractivity contribution in [1.82, 2.24) is 5.32 Å². The Labute approximate surface area is 86.9 Å². The Hall–Kier alpha value is -1.16. The van der Waals surface area contributed by atoms with Crippen LogP contribution in [-0.2, 0) is 0 Å². The van der Waals surface area contributed by atoms with Gasteiger partial charge in [-0.25, -0.2) is 8.78 Å².